The van der Waals surface area contributed by atoms with Gasteiger partial charge in [-0.2, -0.15) is 0 Å². The molecule has 0 aliphatic carbocycles. The van der Waals surface area contributed by atoms with Gasteiger partial charge < -0.3 is 10.6 Å². The summed E-state index contributed by atoms with van der Waals surface area (Å²) in [6, 6.07) is 14.9. The van der Waals surface area contributed by atoms with Gasteiger partial charge in [0.05, 0.1) is 6.54 Å². The van der Waals surface area contributed by atoms with E-state index < -0.39 is 0 Å². The second-order valence-corrected chi connectivity index (χ2v) is 7.70. The van der Waals surface area contributed by atoms with Crippen molar-refractivity contribution in [1.29, 1.82) is 0 Å². The quantitative estimate of drug-likeness (QED) is 0.530. The molecule has 1 aliphatic rings. The van der Waals surface area contributed by atoms with E-state index in [0.29, 0.717) is 6.54 Å². The molecule has 156 valence electrons. The van der Waals surface area contributed by atoms with Crippen LogP contribution in [0.25, 0.3) is 0 Å². The molecule has 1 saturated heterocycles. The maximum atomic E-state index is 4.78. The number of pyridine rings is 1. The summed E-state index contributed by atoms with van der Waals surface area (Å²) in [5, 5.41) is 6.75. The Bertz CT molecular complexity index is 736. The molecule has 5 nitrogen and oxygen atoms in total. The second kappa shape index (κ2) is 12.2. The third-order valence-corrected chi connectivity index (χ3v) is 5.26. The van der Waals surface area contributed by atoms with Crippen LogP contribution in [0.5, 0.6) is 0 Å². The van der Waals surface area contributed by atoms with Crippen molar-refractivity contribution in [2.24, 2.45) is 4.99 Å². The summed E-state index contributed by atoms with van der Waals surface area (Å²) < 4.78 is 0. The molecule has 0 amide bonds. The minimum Gasteiger partial charge on any atom is -0.357 e. The van der Waals surface area contributed by atoms with E-state index in [1.165, 1.54) is 49.9 Å². The number of guanidine groups is 1. The van der Waals surface area contributed by atoms with E-state index in [2.05, 4.69) is 57.8 Å². The van der Waals surface area contributed by atoms with Crippen molar-refractivity contribution in [3.05, 3.63) is 65.5 Å². The SMILES string of the molecule is CCNC(=NCc1cccc(CN2CCCCCC2)c1)NCCc1ccccn1. The lowest BCUT2D eigenvalue weighted by Gasteiger charge is -2.20. The van der Waals surface area contributed by atoms with Gasteiger partial charge >= 0.3 is 0 Å². The molecule has 1 aliphatic heterocycles. The molecule has 0 bridgehead atoms. The average Bonchev–Trinajstić information content (AvgIpc) is 3.02. The van der Waals surface area contributed by atoms with Crippen molar-refractivity contribution < 1.29 is 0 Å². The summed E-state index contributed by atoms with van der Waals surface area (Å²) in [5.74, 6) is 0.862. The Morgan fingerprint density at radius 1 is 1.00 bits per heavy atom. The van der Waals surface area contributed by atoms with Crippen LogP contribution < -0.4 is 10.6 Å². The topological polar surface area (TPSA) is 52.6 Å². The summed E-state index contributed by atoms with van der Waals surface area (Å²) in [7, 11) is 0. The van der Waals surface area contributed by atoms with Gasteiger partial charge in [-0.3, -0.25) is 9.88 Å². The van der Waals surface area contributed by atoms with Crippen LogP contribution in [0, 0.1) is 0 Å². The van der Waals surface area contributed by atoms with E-state index in [-0.39, 0.29) is 0 Å². The summed E-state index contributed by atoms with van der Waals surface area (Å²) in [4.78, 5) is 11.7. The first-order valence-electron chi connectivity index (χ1n) is 11.1. The zero-order valence-corrected chi connectivity index (χ0v) is 17.7. The molecular formula is C24H35N5. The smallest absolute Gasteiger partial charge is 0.191 e. The zero-order chi connectivity index (χ0) is 20.2. The largest absolute Gasteiger partial charge is 0.357 e. The van der Waals surface area contributed by atoms with Gasteiger partial charge in [-0.25, -0.2) is 4.99 Å². The average molecular weight is 394 g/mol. The third kappa shape index (κ3) is 7.86. The molecule has 2 N–H and O–H groups in total. The summed E-state index contributed by atoms with van der Waals surface area (Å²) in [5.41, 5.74) is 3.75. The number of nitrogens with one attached hydrogen (secondary N) is 2. The van der Waals surface area contributed by atoms with Gasteiger partial charge in [0, 0.05) is 37.9 Å². The molecular weight excluding hydrogens is 358 g/mol. The van der Waals surface area contributed by atoms with Crippen LogP contribution in [0.3, 0.4) is 0 Å². The Morgan fingerprint density at radius 2 is 1.83 bits per heavy atom. The minimum absolute atomic E-state index is 0.687. The first-order chi connectivity index (χ1) is 14.3. The fourth-order valence-corrected chi connectivity index (χ4v) is 3.75. The Kier molecular flexibility index (Phi) is 8.98. The molecule has 0 saturated carbocycles. The highest BCUT2D eigenvalue weighted by molar-refractivity contribution is 5.79. The van der Waals surface area contributed by atoms with Gasteiger partial charge in [0.2, 0.25) is 0 Å². The number of benzene rings is 1. The maximum Gasteiger partial charge on any atom is 0.191 e. The molecule has 0 unspecified atom stereocenters. The Hall–Kier alpha value is -2.40. The first-order valence-corrected chi connectivity index (χ1v) is 11.1. The van der Waals surface area contributed by atoms with E-state index in [0.717, 1.165) is 37.7 Å². The highest BCUT2D eigenvalue weighted by Gasteiger charge is 2.09. The highest BCUT2D eigenvalue weighted by Crippen LogP contribution is 2.14. The van der Waals surface area contributed by atoms with Crippen LogP contribution in [0.15, 0.2) is 53.7 Å². The molecule has 0 radical (unpaired) electrons. The Morgan fingerprint density at radius 3 is 2.59 bits per heavy atom. The summed E-state index contributed by atoms with van der Waals surface area (Å²) in [6.07, 6.45) is 8.15. The van der Waals surface area contributed by atoms with Crippen LogP contribution in [0.2, 0.25) is 0 Å². The minimum atomic E-state index is 0.687. The fourth-order valence-electron chi connectivity index (χ4n) is 3.75. The van der Waals surface area contributed by atoms with Crippen molar-refractivity contribution in [2.45, 2.75) is 52.1 Å². The maximum absolute atomic E-state index is 4.78. The van der Waals surface area contributed by atoms with Crippen molar-refractivity contribution >= 4 is 5.96 Å². The highest BCUT2D eigenvalue weighted by atomic mass is 15.2. The molecule has 3 rings (SSSR count). The second-order valence-electron chi connectivity index (χ2n) is 7.70. The van der Waals surface area contributed by atoms with Crippen LogP contribution in [-0.4, -0.2) is 42.0 Å². The lowest BCUT2D eigenvalue weighted by molar-refractivity contribution is 0.277. The van der Waals surface area contributed by atoms with E-state index >= 15 is 0 Å². The molecule has 2 aromatic rings. The van der Waals surface area contributed by atoms with Gasteiger partial charge in [0.15, 0.2) is 5.96 Å². The molecule has 0 atom stereocenters. The number of hydrogen-bond acceptors (Lipinski definition) is 3. The molecule has 2 heterocycles. The molecule has 1 fully saturated rings. The van der Waals surface area contributed by atoms with Crippen molar-refractivity contribution in [3.63, 3.8) is 0 Å². The van der Waals surface area contributed by atoms with Gasteiger partial charge in [-0.15, -0.1) is 0 Å². The Labute approximate surface area is 175 Å². The standard InChI is InChI=1S/C24H35N5/c1-2-25-24(27-15-13-23-12-5-6-14-26-23)28-19-21-10-9-11-22(18-21)20-29-16-7-3-4-8-17-29/h5-6,9-12,14,18H,2-4,7-8,13,15-17,19-20H2,1H3,(H2,25,27,28). The number of likely N-dealkylation sites (tertiary alicyclic amines) is 1. The number of rotatable bonds is 8. The molecule has 1 aromatic heterocycles. The molecule has 29 heavy (non-hydrogen) atoms. The van der Waals surface area contributed by atoms with Crippen molar-refractivity contribution in [3.8, 4) is 0 Å². The number of aliphatic imine (C=N–C) groups is 1. The van der Waals surface area contributed by atoms with Crippen LogP contribution in [0.4, 0.5) is 0 Å². The normalized spacial score (nSPS) is 15.7. The lowest BCUT2D eigenvalue weighted by atomic mass is 10.1. The van der Waals surface area contributed by atoms with Gasteiger partial charge in [-0.05, 0) is 56.1 Å². The Balaban J connectivity index is 1.52. The third-order valence-electron chi connectivity index (χ3n) is 5.26. The van der Waals surface area contributed by atoms with Gasteiger partial charge in [0.25, 0.3) is 0 Å². The van der Waals surface area contributed by atoms with E-state index in [4.69, 9.17) is 4.99 Å². The van der Waals surface area contributed by atoms with E-state index in [9.17, 15) is 0 Å². The lowest BCUT2D eigenvalue weighted by Crippen LogP contribution is -2.38. The number of nitrogens with zero attached hydrogens (tertiary/aromatic N) is 3. The van der Waals surface area contributed by atoms with Crippen molar-refractivity contribution in [1.82, 2.24) is 20.5 Å². The zero-order valence-electron chi connectivity index (χ0n) is 17.7. The molecule has 5 heteroatoms. The summed E-state index contributed by atoms with van der Waals surface area (Å²) in [6.45, 7) is 7.97. The van der Waals surface area contributed by atoms with Gasteiger partial charge in [-0.1, -0.05) is 43.2 Å². The van der Waals surface area contributed by atoms with Crippen molar-refractivity contribution in [2.75, 3.05) is 26.2 Å². The monoisotopic (exact) mass is 393 g/mol. The van der Waals surface area contributed by atoms with E-state index in [1.807, 2.05) is 18.3 Å². The number of aromatic nitrogens is 1. The van der Waals surface area contributed by atoms with Crippen LogP contribution in [-0.2, 0) is 19.5 Å². The predicted molar refractivity (Wildman–Crippen MR) is 121 cm³/mol. The number of hydrogen-bond donors (Lipinski definition) is 2. The van der Waals surface area contributed by atoms with Gasteiger partial charge in [0.1, 0.15) is 0 Å². The predicted octanol–water partition coefficient (Wildman–Crippen LogP) is 3.76. The molecule has 0 spiro atoms. The van der Waals surface area contributed by atoms with E-state index in [1.54, 1.807) is 0 Å². The summed E-state index contributed by atoms with van der Waals surface area (Å²) >= 11 is 0. The van der Waals surface area contributed by atoms with Crippen LogP contribution >= 0.6 is 0 Å². The fraction of sp³-hybridized carbons (Fsp3) is 0.500. The van der Waals surface area contributed by atoms with Crippen LogP contribution in [0.1, 0.15) is 49.4 Å². The first kappa shape index (κ1) is 21.3. The molecule has 1 aromatic carbocycles.